The highest BCUT2D eigenvalue weighted by Gasteiger charge is 2.39. The number of nitrogens with zero attached hydrogens (tertiary/aromatic N) is 2. The van der Waals surface area contributed by atoms with E-state index in [1.165, 1.54) is 0 Å². The van der Waals surface area contributed by atoms with Crippen LogP contribution in [0.5, 0.6) is 0 Å². The summed E-state index contributed by atoms with van der Waals surface area (Å²) < 4.78 is 0. The summed E-state index contributed by atoms with van der Waals surface area (Å²) in [6.45, 7) is 6.97. The van der Waals surface area contributed by atoms with Crippen LogP contribution in [0, 0.1) is 5.92 Å². The molecule has 0 unspecified atom stereocenters. The van der Waals surface area contributed by atoms with Crippen molar-refractivity contribution in [2.75, 3.05) is 13.6 Å². The molecule has 194 valence electrons. The predicted octanol–water partition coefficient (Wildman–Crippen LogP) is 3.46. The Balaban J connectivity index is 1.87. The Morgan fingerprint density at radius 3 is 2.33 bits per heavy atom. The van der Waals surface area contributed by atoms with E-state index < -0.39 is 24.1 Å². The molecule has 0 aliphatic carbocycles. The standard InChI is InChI=1S/C29H39N3O4/c1-5-6-16-31(4)29(36)25-18-22-14-10-11-15-23(22)19-32(25)28(35)24(17-20(2)3)30-27(34)26(33)21-12-8-7-9-13-21/h7-15,20,24-26,33H,5-6,16-19H2,1-4H3,(H,30,34)/t24-,25-,26-/m0/s1. The van der Waals surface area contributed by atoms with Crippen LogP contribution in [0.1, 0.15) is 62.8 Å². The molecular weight excluding hydrogens is 454 g/mol. The van der Waals surface area contributed by atoms with E-state index in [0.29, 0.717) is 31.5 Å². The summed E-state index contributed by atoms with van der Waals surface area (Å²) in [5.74, 6) is -0.897. The number of benzene rings is 2. The maximum atomic E-state index is 13.9. The molecule has 2 aromatic carbocycles. The van der Waals surface area contributed by atoms with Gasteiger partial charge in [-0.1, -0.05) is 81.8 Å². The van der Waals surface area contributed by atoms with E-state index in [1.807, 2.05) is 44.2 Å². The highest BCUT2D eigenvalue weighted by molar-refractivity contribution is 5.93. The molecule has 0 spiro atoms. The highest BCUT2D eigenvalue weighted by Crippen LogP contribution is 2.26. The Labute approximate surface area is 214 Å². The predicted molar refractivity (Wildman–Crippen MR) is 140 cm³/mol. The second-order valence-electron chi connectivity index (χ2n) is 10.1. The number of likely N-dealkylation sites (N-methyl/N-ethyl adjacent to an activating group) is 1. The molecule has 7 heteroatoms. The van der Waals surface area contributed by atoms with E-state index in [9.17, 15) is 19.5 Å². The molecule has 0 saturated heterocycles. The first-order chi connectivity index (χ1) is 17.2. The van der Waals surface area contributed by atoms with E-state index >= 15 is 0 Å². The fraction of sp³-hybridized carbons (Fsp3) is 0.483. The third kappa shape index (κ3) is 6.72. The average Bonchev–Trinajstić information content (AvgIpc) is 2.89. The van der Waals surface area contributed by atoms with Crippen molar-refractivity contribution in [2.24, 2.45) is 5.92 Å². The zero-order valence-electron chi connectivity index (χ0n) is 21.8. The van der Waals surface area contributed by atoms with Crippen LogP contribution in [0.3, 0.4) is 0 Å². The first kappa shape index (κ1) is 27.4. The Hall–Kier alpha value is -3.19. The monoisotopic (exact) mass is 493 g/mol. The van der Waals surface area contributed by atoms with Gasteiger partial charge in [0.25, 0.3) is 5.91 Å². The number of nitrogens with one attached hydrogen (secondary N) is 1. The Kier molecular flexibility index (Phi) is 9.65. The van der Waals surface area contributed by atoms with Gasteiger partial charge in [0.15, 0.2) is 6.10 Å². The van der Waals surface area contributed by atoms with Crippen molar-refractivity contribution in [1.82, 2.24) is 15.1 Å². The minimum Gasteiger partial charge on any atom is -0.378 e. The molecule has 7 nitrogen and oxygen atoms in total. The number of amides is 3. The van der Waals surface area contributed by atoms with Crippen LogP contribution in [0.25, 0.3) is 0 Å². The summed E-state index contributed by atoms with van der Waals surface area (Å²) in [4.78, 5) is 43.7. The SMILES string of the molecule is CCCCN(C)C(=O)[C@@H]1Cc2ccccc2CN1C(=O)[C@H](CC(C)C)NC(=O)[C@@H](O)c1ccccc1. The number of carbonyl (C=O) groups excluding carboxylic acids is 3. The van der Waals surface area contributed by atoms with Gasteiger partial charge in [0.2, 0.25) is 11.8 Å². The molecule has 3 rings (SSSR count). The fourth-order valence-electron chi connectivity index (χ4n) is 4.67. The third-order valence-electron chi connectivity index (χ3n) is 6.73. The Bertz CT molecular complexity index is 1040. The minimum atomic E-state index is -1.38. The number of aliphatic hydroxyl groups is 1. The van der Waals surface area contributed by atoms with Crippen molar-refractivity contribution >= 4 is 17.7 Å². The van der Waals surface area contributed by atoms with Gasteiger partial charge in [-0.3, -0.25) is 14.4 Å². The van der Waals surface area contributed by atoms with E-state index in [0.717, 1.165) is 24.0 Å². The van der Waals surface area contributed by atoms with Crippen molar-refractivity contribution in [3.63, 3.8) is 0 Å². The molecule has 0 fully saturated rings. The molecule has 1 aliphatic rings. The Morgan fingerprint density at radius 2 is 1.69 bits per heavy atom. The van der Waals surface area contributed by atoms with Crippen molar-refractivity contribution in [2.45, 2.75) is 71.2 Å². The normalized spacial score (nSPS) is 16.7. The third-order valence-corrected chi connectivity index (χ3v) is 6.73. The number of aliphatic hydroxyl groups excluding tert-OH is 1. The second-order valence-corrected chi connectivity index (χ2v) is 10.1. The van der Waals surface area contributed by atoms with Crippen LogP contribution in [-0.4, -0.2) is 58.3 Å². The van der Waals surface area contributed by atoms with Crippen LogP contribution >= 0.6 is 0 Å². The van der Waals surface area contributed by atoms with Crippen molar-refractivity contribution in [3.05, 3.63) is 71.3 Å². The molecule has 0 bridgehead atoms. The summed E-state index contributed by atoms with van der Waals surface area (Å²) in [6.07, 6.45) is 1.32. The molecule has 1 heterocycles. The van der Waals surface area contributed by atoms with Crippen LogP contribution in [0.2, 0.25) is 0 Å². The van der Waals surface area contributed by atoms with Crippen molar-refractivity contribution in [3.8, 4) is 0 Å². The summed E-state index contributed by atoms with van der Waals surface area (Å²) in [5.41, 5.74) is 2.53. The maximum Gasteiger partial charge on any atom is 0.254 e. The van der Waals surface area contributed by atoms with Gasteiger partial charge >= 0.3 is 0 Å². The minimum absolute atomic E-state index is 0.0924. The molecule has 3 atom stereocenters. The smallest absolute Gasteiger partial charge is 0.254 e. The highest BCUT2D eigenvalue weighted by atomic mass is 16.3. The average molecular weight is 494 g/mol. The maximum absolute atomic E-state index is 13.9. The zero-order valence-corrected chi connectivity index (χ0v) is 21.8. The van der Waals surface area contributed by atoms with Gasteiger partial charge in [-0.25, -0.2) is 0 Å². The van der Waals surface area contributed by atoms with Gasteiger partial charge < -0.3 is 20.2 Å². The molecule has 0 saturated carbocycles. The second kappa shape index (κ2) is 12.7. The van der Waals surface area contributed by atoms with Crippen molar-refractivity contribution < 1.29 is 19.5 Å². The lowest BCUT2D eigenvalue weighted by Gasteiger charge is -2.40. The fourth-order valence-corrected chi connectivity index (χ4v) is 4.67. The van der Waals surface area contributed by atoms with Crippen LogP contribution in [0.15, 0.2) is 54.6 Å². The first-order valence-electron chi connectivity index (χ1n) is 12.9. The Morgan fingerprint density at radius 1 is 1.06 bits per heavy atom. The van der Waals surface area contributed by atoms with Gasteiger partial charge in [0.05, 0.1) is 0 Å². The lowest BCUT2D eigenvalue weighted by molar-refractivity contribution is -0.149. The lowest BCUT2D eigenvalue weighted by atomic mass is 9.91. The van der Waals surface area contributed by atoms with Crippen LogP contribution < -0.4 is 5.32 Å². The lowest BCUT2D eigenvalue weighted by Crippen LogP contribution is -2.58. The van der Waals surface area contributed by atoms with Crippen LogP contribution in [0.4, 0.5) is 0 Å². The van der Waals surface area contributed by atoms with Gasteiger partial charge in [-0.05, 0) is 35.4 Å². The van der Waals surface area contributed by atoms with E-state index in [4.69, 9.17) is 0 Å². The molecule has 36 heavy (non-hydrogen) atoms. The number of hydrogen-bond donors (Lipinski definition) is 2. The summed E-state index contributed by atoms with van der Waals surface area (Å²) in [7, 11) is 1.78. The summed E-state index contributed by atoms with van der Waals surface area (Å²) in [5, 5.41) is 13.4. The van der Waals surface area contributed by atoms with Gasteiger partial charge in [-0.2, -0.15) is 0 Å². The largest absolute Gasteiger partial charge is 0.378 e. The number of unbranched alkanes of at least 4 members (excludes halogenated alkanes) is 1. The molecule has 1 aliphatic heterocycles. The summed E-state index contributed by atoms with van der Waals surface area (Å²) in [6, 6.07) is 15.0. The molecule has 0 radical (unpaired) electrons. The first-order valence-corrected chi connectivity index (χ1v) is 12.9. The number of carbonyl (C=O) groups is 3. The molecule has 2 aromatic rings. The van der Waals surface area contributed by atoms with Gasteiger partial charge in [0.1, 0.15) is 12.1 Å². The zero-order chi connectivity index (χ0) is 26.2. The van der Waals surface area contributed by atoms with Crippen LogP contribution in [-0.2, 0) is 27.3 Å². The number of hydrogen-bond acceptors (Lipinski definition) is 4. The molecule has 2 N–H and O–H groups in total. The van der Waals surface area contributed by atoms with Gasteiger partial charge in [-0.15, -0.1) is 0 Å². The summed E-state index contributed by atoms with van der Waals surface area (Å²) >= 11 is 0. The van der Waals surface area contributed by atoms with E-state index in [1.54, 1.807) is 41.1 Å². The topological polar surface area (TPSA) is 90.0 Å². The number of fused-ring (bicyclic) bond motifs is 1. The quantitative estimate of drug-likeness (QED) is 0.530. The van der Waals surface area contributed by atoms with Crippen molar-refractivity contribution in [1.29, 1.82) is 0 Å². The molecule has 0 aromatic heterocycles. The molecular formula is C29H39N3O4. The van der Waals surface area contributed by atoms with Gasteiger partial charge in [0, 0.05) is 26.6 Å². The van der Waals surface area contributed by atoms with E-state index in [-0.39, 0.29) is 17.7 Å². The molecule has 3 amide bonds. The van der Waals surface area contributed by atoms with E-state index in [2.05, 4.69) is 12.2 Å². The number of rotatable bonds is 10.